The highest BCUT2D eigenvalue weighted by Crippen LogP contribution is 2.26. The topological polar surface area (TPSA) is 69.0 Å². The fourth-order valence-corrected chi connectivity index (χ4v) is 2.83. The normalized spacial score (nSPS) is 10.7. The summed E-state index contributed by atoms with van der Waals surface area (Å²) >= 11 is 0. The molecule has 0 saturated carbocycles. The summed E-state index contributed by atoms with van der Waals surface area (Å²) in [5, 5.41) is 4.02. The van der Waals surface area contributed by atoms with Crippen molar-refractivity contribution in [3.8, 4) is 11.8 Å². The molecule has 0 saturated heterocycles. The van der Waals surface area contributed by atoms with E-state index in [4.69, 9.17) is 4.74 Å². The molecule has 1 N–H and O–H groups in total. The minimum Gasteiger partial charge on any atom is -0.424 e. The summed E-state index contributed by atoms with van der Waals surface area (Å²) in [6.45, 7) is 1.92. The molecule has 134 valence electrons. The molecule has 0 aliphatic carbocycles. The minimum absolute atomic E-state index is 0.177. The van der Waals surface area contributed by atoms with Crippen molar-refractivity contribution in [1.29, 1.82) is 0 Å². The molecule has 0 spiro atoms. The molecule has 4 aromatic rings. The van der Waals surface area contributed by atoms with Gasteiger partial charge in [0.1, 0.15) is 5.75 Å². The molecule has 0 aliphatic rings. The summed E-state index contributed by atoms with van der Waals surface area (Å²) < 4.78 is 7.71. The molecule has 2 aromatic carbocycles. The number of carbonyl (C=O) groups excluding carboxylic acids is 1. The van der Waals surface area contributed by atoms with Gasteiger partial charge in [-0.2, -0.15) is 0 Å². The van der Waals surface area contributed by atoms with Gasteiger partial charge < -0.3 is 14.6 Å². The van der Waals surface area contributed by atoms with Gasteiger partial charge in [0.25, 0.3) is 5.91 Å². The summed E-state index contributed by atoms with van der Waals surface area (Å²) in [6, 6.07) is 15.1. The molecular formula is C21H18N4O2. The van der Waals surface area contributed by atoms with Crippen LogP contribution in [0.5, 0.6) is 11.8 Å². The summed E-state index contributed by atoms with van der Waals surface area (Å²) in [5.41, 5.74) is 3.17. The number of fused-ring (bicyclic) bond motifs is 1. The Balaban J connectivity index is 1.57. The molecule has 6 heteroatoms. The molecule has 0 bridgehead atoms. The number of rotatable bonds is 4. The third kappa shape index (κ3) is 3.50. The lowest BCUT2D eigenvalue weighted by molar-refractivity contribution is 0.102. The maximum absolute atomic E-state index is 12.7. The third-order valence-corrected chi connectivity index (χ3v) is 4.34. The van der Waals surface area contributed by atoms with E-state index in [0.717, 1.165) is 16.5 Å². The van der Waals surface area contributed by atoms with Crippen molar-refractivity contribution in [3.05, 3.63) is 78.2 Å². The predicted octanol–water partition coefficient (Wildman–Crippen LogP) is 4.32. The Morgan fingerprint density at radius 1 is 1.07 bits per heavy atom. The van der Waals surface area contributed by atoms with Crippen molar-refractivity contribution in [2.45, 2.75) is 6.92 Å². The number of nitrogens with zero attached hydrogens (tertiary/aromatic N) is 3. The van der Waals surface area contributed by atoms with Crippen LogP contribution in [0.25, 0.3) is 10.9 Å². The highest BCUT2D eigenvalue weighted by atomic mass is 16.5. The Labute approximate surface area is 156 Å². The average molecular weight is 358 g/mol. The average Bonchev–Trinajstić information content (AvgIpc) is 3.06. The van der Waals surface area contributed by atoms with E-state index in [2.05, 4.69) is 15.3 Å². The second-order valence-electron chi connectivity index (χ2n) is 6.27. The monoisotopic (exact) mass is 358 g/mol. The predicted molar refractivity (Wildman–Crippen MR) is 104 cm³/mol. The first-order chi connectivity index (χ1) is 13.1. The molecule has 0 atom stereocenters. The van der Waals surface area contributed by atoms with Crippen LogP contribution in [0.3, 0.4) is 0 Å². The lowest BCUT2D eigenvalue weighted by Gasteiger charge is -2.11. The van der Waals surface area contributed by atoms with Crippen LogP contribution in [0.4, 0.5) is 5.69 Å². The number of nitrogens with one attached hydrogen (secondary N) is 1. The van der Waals surface area contributed by atoms with E-state index < -0.39 is 0 Å². The van der Waals surface area contributed by atoms with Gasteiger partial charge in [-0.15, -0.1) is 0 Å². The molecule has 1 amide bonds. The molecule has 0 unspecified atom stereocenters. The number of anilines is 1. The number of hydrogen-bond donors (Lipinski definition) is 1. The first-order valence-electron chi connectivity index (χ1n) is 8.52. The van der Waals surface area contributed by atoms with Crippen LogP contribution >= 0.6 is 0 Å². The van der Waals surface area contributed by atoms with E-state index in [0.29, 0.717) is 17.0 Å². The Bertz CT molecular complexity index is 1120. The van der Waals surface area contributed by atoms with Crippen LogP contribution in [-0.2, 0) is 7.05 Å². The van der Waals surface area contributed by atoms with Gasteiger partial charge in [0.15, 0.2) is 0 Å². The first-order valence-corrected chi connectivity index (χ1v) is 8.52. The van der Waals surface area contributed by atoms with Crippen molar-refractivity contribution in [3.63, 3.8) is 0 Å². The van der Waals surface area contributed by atoms with Crippen molar-refractivity contribution < 1.29 is 9.53 Å². The van der Waals surface area contributed by atoms with E-state index in [1.807, 2.05) is 61.1 Å². The Morgan fingerprint density at radius 3 is 2.70 bits per heavy atom. The van der Waals surface area contributed by atoms with E-state index in [-0.39, 0.29) is 11.9 Å². The van der Waals surface area contributed by atoms with Crippen molar-refractivity contribution in [2.24, 2.45) is 7.05 Å². The van der Waals surface area contributed by atoms with Gasteiger partial charge in [-0.1, -0.05) is 12.1 Å². The van der Waals surface area contributed by atoms with Gasteiger partial charge in [0.2, 0.25) is 0 Å². The van der Waals surface area contributed by atoms with Gasteiger partial charge in [-0.25, -0.2) is 9.97 Å². The quantitative estimate of drug-likeness (QED) is 0.590. The SMILES string of the molecule is Cc1ccc(NC(=O)c2ccc3ccn(C)c3c2)cc1Oc1ncccn1. The molecule has 27 heavy (non-hydrogen) atoms. The van der Waals surface area contributed by atoms with Gasteiger partial charge >= 0.3 is 6.01 Å². The largest absolute Gasteiger partial charge is 0.424 e. The van der Waals surface area contributed by atoms with Crippen LogP contribution in [0.2, 0.25) is 0 Å². The standard InChI is InChI=1S/C21H18N4O2/c1-14-4-7-17(13-19(14)27-21-22-9-3-10-23-21)24-20(26)16-6-5-15-8-11-25(2)18(15)12-16/h3-13H,1-2H3,(H,24,26). The Kier molecular flexibility index (Phi) is 4.30. The van der Waals surface area contributed by atoms with Gasteiger partial charge in [0.05, 0.1) is 0 Å². The molecule has 0 radical (unpaired) electrons. The minimum atomic E-state index is -0.177. The number of carbonyl (C=O) groups is 1. The summed E-state index contributed by atoms with van der Waals surface area (Å²) in [5.74, 6) is 0.417. The fourth-order valence-electron chi connectivity index (χ4n) is 2.83. The molecule has 0 aliphatic heterocycles. The highest BCUT2D eigenvalue weighted by molar-refractivity contribution is 6.06. The third-order valence-electron chi connectivity index (χ3n) is 4.34. The second-order valence-corrected chi connectivity index (χ2v) is 6.27. The van der Waals surface area contributed by atoms with Crippen molar-refractivity contribution in [1.82, 2.24) is 14.5 Å². The van der Waals surface area contributed by atoms with Gasteiger partial charge in [-0.3, -0.25) is 4.79 Å². The second kappa shape index (κ2) is 6.92. The fraction of sp³-hybridized carbons (Fsp3) is 0.0952. The van der Waals surface area contributed by atoms with E-state index in [9.17, 15) is 4.79 Å². The Morgan fingerprint density at radius 2 is 1.89 bits per heavy atom. The van der Waals surface area contributed by atoms with Crippen LogP contribution in [-0.4, -0.2) is 20.4 Å². The lowest BCUT2D eigenvalue weighted by Crippen LogP contribution is -2.12. The van der Waals surface area contributed by atoms with Gasteiger partial charge in [0, 0.05) is 48.5 Å². The maximum atomic E-state index is 12.7. The van der Waals surface area contributed by atoms with E-state index >= 15 is 0 Å². The number of hydrogen-bond acceptors (Lipinski definition) is 4. The van der Waals surface area contributed by atoms with Crippen LogP contribution in [0.15, 0.2) is 67.1 Å². The molecule has 4 rings (SSSR count). The smallest absolute Gasteiger partial charge is 0.321 e. The van der Waals surface area contributed by atoms with E-state index in [1.54, 1.807) is 24.5 Å². The van der Waals surface area contributed by atoms with Crippen LogP contribution < -0.4 is 10.1 Å². The Hall–Kier alpha value is -3.67. The molecule has 2 heterocycles. The summed E-state index contributed by atoms with van der Waals surface area (Å²) in [7, 11) is 1.96. The number of aryl methyl sites for hydroxylation is 2. The number of aromatic nitrogens is 3. The molecule has 0 fully saturated rings. The van der Waals surface area contributed by atoms with Crippen molar-refractivity contribution >= 4 is 22.5 Å². The lowest BCUT2D eigenvalue weighted by atomic mass is 10.1. The zero-order chi connectivity index (χ0) is 18.8. The highest BCUT2D eigenvalue weighted by Gasteiger charge is 2.11. The number of benzene rings is 2. The molecule has 2 aromatic heterocycles. The zero-order valence-electron chi connectivity index (χ0n) is 15.0. The summed E-state index contributed by atoms with van der Waals surface area (Å²) in [6.07, 6.45) is 5.20. The maximum Gasteiger partial charge on any atom is 0.321 e. The van der Waals surface area contributed by atoms with Crippen LogP contribution in [0, 0.1) is 6.92 Å². The van der Waals surface area contributed by atoms with Crippen molar-refractivity contribution in [2.75, 3.05) is 5.32 Å². The number of amides is 1. The zero-order valence-corrected chi connectivity index (χ0v) is 15.0. The first kappa shape index (κ1) is 16.8. The summed E-state index contributed by atoms with van der Waals surface area (Å²) in [4.78, 5) is 20.8. The van der Waals surface area contributed by atoms with E-state index in [1.165, 1.54) is 0 Å². The van der Waals surface area contributed by atoms with Crippen LogP contribution in [0.1, 0.15) is 15.9 Å². The van der Waals surface area contributed by atoms with Gasteiger partial charge in [-0.05, 0) is 48.2 Å². The number of ether oxygens (including phenoxy) is 1. The molecule has 6 nitrogen and oxygen atoms in total. The molecular weight excluding hydrogens is 340 g/mol.